The highest BCUT2D eigenvalue weighted by molar-refractivity contribution is 8.02. The van der Waals surface area contributed by atoms with Gasteiger partial charge in [-0.25, -0.2) is 0 Å². The molecule has 0 aromatic rings. The summed E-state index contributed by atoms with van der Waals surface area (Å²) in [4.78, 5) is 13.3. The summed E-state index contributed by atoms with van der Waals surface area (Å²) in [6.07, 6.45) is 10.4. The third-order valence-corrected chi connectivity index (χ3v) is 3.07. The normalized spacial score (nSPS) is 21.3. The fraction of sp³-hybridized carbons (Fsp3) is 0.364. The van der Waals surface area contributed by atoms with Gasteiger partial charge in [0, 0.05) is 12.7 Å². The summed E-state index contributed by atoms with van der Waals surface area (Å²) in [6, 6.07) is 0. The number of rotatable bonds is 2. The van der Waals surface area contributed by atoms with Crippen molar-refractivity contribution in [3.8, 4) is 0 Å². The van der Waals surface area contributed by atoms with Crippen LogP contribution in [0.5, 0.6) is 0 Å². The number of thioether (sulfide) groups is 1. The molecule has 0 bridgehead atoms. The first-order chi connectivity index (χ1) is 6.86. The minimum atomic E-state index is 0.216. The third-order valence-electron chi connectivity index (χ3n) is 2.34. The molecule has 2 aliphatic rings. The van der Waals surface area contributed by atoms with Gasteiger partial charge >= 0.3 is 0 Å². The topological polar surface area (TPSA) is 20.3 Å². The Kier molecular flexibility index (Phi) is 3.09. The molecule has 2 rings (SSSR count). The highest BCUT2D eigenvalue weighted by Crippen LogP contribution is 2.17. The predicted octanol–water partition coefficient (Wildman–Crippen LogP) is 2.31. The van der Waals surface area contributed by atoms with Crippen LogP contribution in [0.3, 0.4) is 0 Å². The van der Waals surface area contributed by atoms with Crippen LogP contribution in [0.25, 0.3) is 0 Å². The average molecular weight is 207 g/mol. The zero-order chi connectivity index (χ0) is 9.80. The molecule has 3 heteroatoms. The van der Waals surface area contributed by atoms with Gasteiger partial charge in [0.2, 0.25) is 5.91 Å². The molecule has 0 N–H and O–H groups in total. The van der Waals surface area contributed by atoms with Crippen molar-refractivity contribution in [1.29, 1.82) is 0 Å². The Bertz CT molecular complexity index is 317. The Morgan fingerprint density at radius 2 is 2.43 bits per heavy atom. The Labute approximate surface area is 88.4 Å². The molecule has 0 unspecified atom stereocenters. The lowest BCUT2D eigenvalue weighted by molar-refractivity contribution is -0.125. The van der Waals surface area contributed by atoms with Gasteiger partial charge in [-0.15, -0.1) is 11.8 Å². The molecule has 0 atom stereocenters. The molecule has 1 aliphatic carbocycles. The maximum Gasteiger partial charge on any atom is 0.237 e. The van der Waals surface area contributed by atoms with Crippen molar-refractivity contribution >= 4 is 17.7 Å². The fourth-order valence-electron chi connectivity index (χ4n) is 1.55. The molecule has 1 aliphatic heterocycles. The average Bonchev–Trinajstić information content (AvgIpc) is 2.23. The lowest BCUT2D eigenvalue weighted by atomic mass is 10.0. The minimum absolute atomic E-state index is 0.216. The van der Waals surface area contributed by atoms with E-state index in [0.717, 1.165) is 19.4 Å². The van der Waals surface area contributed by atoms with Crippen molar-refractivity contribution in [2.24, 2.45) is 0 Å². The Morgan fingerprint density at radius 1 is 1.50 bits per heavy atom. The van der Waals surface area contributed by atoms with E-state index in [0.29, 0.717) is 5.75 Å². The van der Waals surface area contributed by atoms with Crippen molar-refractivity contribution in [3.05, 3.63) is 35.4 Å². The van der Waals surface area contributed by atoms with Crippen molar-refractivity contribution in [1.82, 2.24) is 4.90 Å². The molecule has 2 nitrogen and oxygen atoms in total. The zero-order valence-corrected chi connectivity index (χ0v) is 8.80. The van der Waals surface area contributed by atoms with Gasteiger partial charge in [-0.05, 0) is 18.2 Å². The number of carbonyl (C=O) groups is 1. The summed E-state index contributed by atoms with van der Waals surface area (Å²) < 4.78 is 0. The van der Waals surface area contributed by atoms with Gasteiger partial charge in [0.1, 0.15) is 0 Å². The summed E-state index contributed by atoms with van der Waals surface area (Å²) >= 11 is 1.56. The third kappa shape index (κ3) is 2.29. The highest BCUT2D eigenvalue weighted by atomic mass is 32.2. The molecule has 1 amide bonds. The first-order valence-corrected chi connectivity index (χ1v) is 5.83. The van der Waals surface area contributed by atoms with Gasteiger partial charge < -0.3 is 4.90 Å². The van der Waals surface area contributed by atoms with E-state index in [2.05, 4.69) is 18.2 Å². The summed E-state index contributed by atoms with van der Waals surface area (Å²) in [7, 11) is 0. The molecular formula is C11H13NOS. The molecule has 0 spiro atoms. The minimum Gasteiger partial charge on any atom is -0.314 e. The van der Waals surface area contributed by atoms with Crippen molar-refractivity contribution < 1.29 is 4.79 Å². The first kappa shape index (κ1) is 9.59. The monoisotopic (exact) mass is 207 g/mol. The molecule has 74 valence electrons. The van der Waals surface area contributed by atoms with Gasteiger partial charge in [0.25, 0.3) is 0 Å². The van der Waals surface area contributed by atoms with Gasteiger partial charge in [0.05, 0.1) is 5.75 Å². The Hall–Kier alpha value is -0.960. The van der Waals surface area contributed by atoms with E-state index in [-0.39, 0.29) is 5.91 Å². The van der Waals surface area contributed by atoms with E-state index in [9.17, 15) is 4.79 Å². The lowest BCUT2D eigenvalue weighted by Gasteiger charge is -2.23. The second-order valence-corrected chi connectivity index (χ2v) is 4.30. The number of nitrogens with zero attached hydrogens (tertiary/aromatic N) is 1. The van der Waals surface area contributed by atoms with Crippen LogP contribution in [0, 0.1) is 0 Å². The first-order valence-electron chi connectivity index (χ1n) is 4.78. The van der Waals surface area contributed by atoms with Gasteiger partial charge in [-0.3, -0.25) is 4.79 Å². The highest BCUT2D eigenvalue weighted by Gasteiger charge is 2.15. The molecule has 1 heterocycles. The molecule has 14 heavy (non-hydrogen) atoms. The largest absolute Gasteiger partial charge is 0.314 e. The van der Waals surface area contributed by atoms with Gasteiger partial charge in [0.15, 0.2) is 0 Å². The summed E-state index contributed by atoms with van der Waals surface area (Å²) in [5, 5.41) is 1.99. The van der Waals surface area contributed by atoms with Crippen molar-refractivity contribution in [2.45, 2.75) is 12.8 Å². The number of allylic oxidation sites excluding steroid dienone is 3. The zero-order valence-electron chi connectivity index (χ0n) is 7.98. The smallest absolute Gasteiger partial charge is 0.237 e. The van der Waals surface area contributed by atoms with Crippen LogP contribution in [0.15, 0.2) is 35.4 Å². The van der Waals surface area contributed by atoms with E-state index < -0.39 is 0 Å². The van der Waals surface area contributed by atoms with Crippen LogP contribution in [-0.4, -0.2) is 23.1 Å². The second-order valence-electron chi connectivity index (χ2n) is 3.41. The van der Waals surface area contributed by atoms with Crippen molar-refractivity contribution in [3.63, 3.8) is 0 Å². The van der Waals surface area contributed by atoms with Gasteiger partial charge in [-0.2, -0.15) is 0 Å². The molecule has 0 radical (unpaired) electrons. The molecule has 0 saturated heterocycles. The maximum absolute atomic E-state index is 11.5. The standard InChI is InChI=1S/C11H13NOS/c13-11-9-14-7-6-12(11)8-10-4-2-1-3-5-10/h1-2,4,6-7H,3,5,8-9H2. The molecular weight excluding hydrogens is 194 g/mol. The predicted molar refractivity (Wildman–Crippen MR) is 59.8 cm³/mol. The van der Waals surface area contributed by atoms with Crippen LogP contribution in [0.1, 0.15) is 12.8 Å². The Morgan fingerprint density at radius 3 is 3.14 bits per heavy atom. The number of hydrogen-bond acceptors (Lipinski definition) is 2. The summed E-state index contributed by atoms with van der Waals surface area (Å²) in [6.45, 7) is 0.764. The van der Waals surface area contributed by atoms with Gasteiger partial charge in [-0.1, -0.05) is 23.8 Å². The lowest BCUT2D eigenvalue weighted by Crippen LogP contribution is -2.31. The summed E-state index contributed by atoms with van der Waals surface area (Å²) in [5.74, 6) is 0.799. The van der Waals surface area contributed by atoms with Crippen LogP contribution in [0.4, 0.5) is 0 Å². The van der Waals surface area contributed by atoms with E-state index in [1.165, 1.54) is 5.57 Å². The van der Waals surface area contributed by atoms with E-state index in [4.69, 9.17) is 0 Å². The van der Waals surface area contributed by atoms with E-state index in [1.807, 2.05) is 16.5 Å². The summed E-state index contributed by atoms with van der Waals surface area (Å²) in [5.41, 5.74) is 1.34. The fourth-order valence-corrected chi connectivity index (χ4v) is 2.18. The van der Waals surface area contributed by atoms with E-state index >= 15 is 0 Å². The number of hydrogen-bond donors (Lipinski definition) is 0. The molecule has 0 aromatic heterocycles. The molecule has 0 aromatic carbocycles. The van der Waals surface area contributed by atoms with Crippen LogP contribution in [0.2, 0.25) is 0 Å². The quantitative estimate of drug-likeness (QED) is 0.692. The van der Waals surface area contributed by atoms with Crippen LogP contribution >= 0.6 is 11.8 Å². The van der Waals surface area contributed by atoms with Crippen molar-refractivity contribution in [2.75, 3.05) is 12.3 Å². The van der Waals surface area contributed by atoms with E-state index in [1.54, 1.807) is 11.8 Å². The maximum atomic E-state index is 11.5. The molecule has 0 fully saturated rings. The van der Waals surface area contributed by atoms with Crippen LogP contribution < -0.4 is 0 Å². The number of carbonyl (C=O) groups excluding carboxylic acids is 1. The SMILES string of the molecule is O=C1CSC=CN1CC1=CC=CCC1. The number of amides is 1. The molecule has 0 saturated carbocycles. The Balaban J connectivity index is 1.99. The second kappa shape index (κ2) is 4.51. The van der Waals surface area contributed by atoms with Crippen LogP contribution in [-0.2, 0) is 4.79 Å².